The van der Waals surface area contributed by atoms with Crippen LogP contribution in [0.2, 0.25) is 0 Å². The number of benzene rings is 1. The van der Waals surface area contributed by atoms with E-state index in [0.29, 0.717) is 18.0 Å². The third-order valence-electron chi connectivity index (χ3n) is 2.24. The minimum atomic E-state index is -0.0262. The summed E-state index contributed by atoms with van der Waals surface area (Å²) in [5.74, 6) is 1.19. The van der Waals surface area contributed by atoms with Gasteiger partial charge in [0.05, 0.1) is 6.10 Å². The number of carbonyl (C=O) groups is 1. The number of amides is 1. The Morgan fingerprint density at radius 3 is 2.41 bits per heavy atom. The van der Waals surface area contributed by atoms with Gasteiger partial charge in [0.2, 0.25) is 0 Å². The Hall–Kier alpha value is -1.22. The number of rotatable bonds is 5. The lowest BCUT2D eigenvalue weighted by atomic mass is 10.2. The molecule has 0 aliphatic rings. The van der Waals surface area contributed by atoms with Crippen LogP contribution in [0.5, 0.6) is 5.75 Å². The predicted octanol–water partition coefficient (Wildman–Crippen LogP) is 2.78. The molecule has 0 atom stereocenters. The number of alkyl halides is 1. The van der Waals surface area contributed by atoms with Gasteiger partial charge in [-0.2, -0.15) is 0 Å². The van der Waals surface area contributed by atoms with Gasteiger partial charge in [-0.05, 0) is 38.1 Å². The van der Waals surface area contributed by atoms with Gasteiger partial charge in [0.25, 0.3) is 5.91 Å². The molecule has 1 rings (SSSR count). The van der Waals surface area contributed by atoms with Gasteiger partial charge in [-0.1, -0.05) is 0 Å². The van der Waals surface area contributed by atoms with Crippen molar-refractivity contribution in [3.63, 3.8) is 0 Å². The molecule has 0 saturated heterocycles. The molecule has 0 aliphatic heterocycles. The van der Waals surface area contributed by atoms with Crippen LogP contribution in [0.3, 0.4) is 0 Å². The van der Waals surface area contributed by atoms with Crippen molar-refractivity contribution in [2.24, 2.45) is 0 Å². The maximum atomic E-state index is 11.9. The van der Waals surface area contributed by atoms with E-state index in [9.17, 15) is 4.79 Å². The van der Waals surface area contributed by atoms with Crippen molar-refractivity contribution in [1.29, 1.82) is 0 Å². The summed E-state index contributed by atoms with van der Waals surface area (Å²) in [4.78, 5) is 13.5. The summed E-state index contributed by atoms with van der Waals surface area (Å²) in [6.07, 6.45) is 0.135. The van der Waals surface area contributed by atoms with Crippen LogP contribution >= 0.6 is 11.6 Å². The van der Waals surface area contributed by atoms with Gasteiger partial charge in [0.1, 0.15) is 5.75 Å². The van der Waals surface area contributed by atoms with E-state index >= 15 is 0 Å². The molecule has 1 aromatic rings. The molecule has 0 unspecified atom stereocenters. The lowest BCUT2D eigenvalue weighted by Gasteiger charge is -2.16. The number of ether oxygens (including phenoxy) is 1. The predicted molar refractivity (Wildman–Crippen MR) is 69.9 cm³/mol. The summed E-state index contributed by atoms with van der Waals surface area (Å²) in [6.45, 7) is 4.48. The van der Waals surface area contributed by atoms with Gasteiger partial charge in [-0.3, -0.25) is 4.79 Å². The zero-order chi connectivity index (χ0) is 12.8. The van der Waals surface area contributed by atoms with Crippen LogP contribution in [-0.4, -0.2) is 36.4 Å². The second kappa shape index (κ2) is 6.50. The molecule has 1 amide bonds. The topological polar surface area (TPSA) is 29.5 Å². The molecule has 94 valence electrons. The molecule has 1 aromatic carbocycles. The molecule has 0 spiro atoms. The maximum Gasteiger partial charge on any atom is 0.253 e. The number of carbonyl (C=O) groups excluding carboxylic acids is 1. The van der Waals surface area contributed by atoms with Crippen LogP contribution in [0.4, 0.5) is 0 Å². The second-order valence-electron chi connectivity index (χ2n) is 4.11. The first-order valence-corrected chi connectivity index (χ1v) is 6.16. The van der Waals surface area contributed by atoms with E-state index in [-0.39, 0.29) is 12.0 Å². The SMILES string of the molecule is CC(C)Oc1ccc(C(=O)N(C)CCCl)cc1. The molecule has 0 heterocycles. The van der Waals surface area contributed by atoms with Gasteiger partial charge >= 0.3 is 0 Å². The molecule has 0 fully saturated rings. The van der Waals surface area contributed by atoms with Crippen molar-refractivity contribution in [3.8, 4) is 5.75 Å². The smallest absolute Gasteiger partial charge is 0.253 e. The first kappa shape index (κ1) is 13.8. The summed E-state index contributed by atoms with van der Waals surface area (Å²) < 4.78 is 5.51. The first-order valence-electron chi connectivity index (χ1n) is 5.62. The van der Waals surface area contributed by atoms with Crippen LogP contribution in [0, 0.1) is 0 Å². The fourth-order valence-corrected chi connectivity index (χ4v) is 1.65. The minimum Gasteiger partial charge on any atom is -0.491 e. The Morgan fingerprint density at radius 2 is 1.94 bits per heavy atom. The average molecular weight is 256 g/mol. The van der Waals surface area contributed by atoms with Gasteiger partial charge in [0.15, 0.2) is 0 Å². The van der Waals surface area contributed by atoms with Gasteiger partial charge < -0.3 is 9.64 Å². The van der Waals surface area contributed by atoms with E-state index in [1.165, 1.54) is 0 Å². The summed E-state index contributed by atoms with van der Waals surface area (Å²) >= 11 is 5.60. The van der Waals surface area contributed by atoms with Crippen molar-refractivity contribution in [1.82, 2.24) is 4.90 Å². The van der Waals surface area contributed by atoms with Crippen LogP contribution in [-0.2, 0) is 0 Å². The molecule has 0 N–H and O–H groups in total. The van der Waals surface area contributed by atoms with Crippen LogP contribution in [0.15, 0.2) is 24.3 Å². The fraction of sp³-hybridized carbons (Fsp3) is 0.462. The highest BCUT2D eigenvalue weighted by molar-refractivity contribution is 6.18. The number of hydrogen-bond donors (Lipinski definition) is 0. The second-order valence-corrected chi connectivity index (χ2v) is 4.48. The van der Waals surface area contributed by atoms with Crippen LogP contribution in [0.1, 0.15) is 24.2 Å². The molecule has 0 saturated carbocycles. The van der Waals surface area contributed by atoms with E-state index in [2.05, 4.69) is 0 Å². The van der Waals surface area contributed by atoms with Crippen molar-refractivity contribution >= 4 is 17.5 Å². The quantitative estimate of drug-likeness (QED) is 0.758. The first-order chi connectivity index (χ1) is 8.04. The molecule has 3 nitrogen and oxygen atoms in total. The fourth-order valence-electron chi connectivity index (χ4n) is 1.40. The normalized spacial score (nSPS) is 10.4. The van der Waals surface area contributed by atoms with Crippen LogP contribution in [0.25, 0.3) is 0 Å². The number of nitrogens with zero attached hydrogens (tertiary/aromatic N) is 1. The molecule has 0 aromatic heterocycles. The largest absolute Gasteiger partial charge is 0.491 e. The van der Waals surface area contributed by atoms with Crippen molar-refractivity contribution in [2.45, 2.75) is 20.0 Å². The minimum absolute atomic E-state index is 0.0262. The lowest BCUT2D eigenvalue weighted by molar-refractivity contribution is 0.0803. The van der Waals surface area contributed by atoms with E-state index in [1.807, 2.05) is 26.0 Å². The summed E-state index contributed by atoms with van der Waals surface area (Å²) in [5.41, 5.74) is 0.647. The third-order valence-corrected chi connectivity index (χ3v) is 2.41. The monoisotopic (exact) mass is 255 g/mol. The van der Waals surface area contributed by atoms with E-state index < -0.39 is 0 Å². The number of hydrogen-bond acceptors (Lipinski definition) is 2. The highest BCUT2D eigenvalue weighted by Gasteiger charge is 2.10. The van der Waals surface area contributed by atoms with Crippen molar-refractivity contribution in [3.05, 3.63) is 29.8 Å². The molecular formula is C13H18ClNO2. The van der Waals surface area contributed by atoms with E-state index in [4.69, 9.17) is 16.3 Å². The Morgan fingerprint density at radius 1 is 1.35 bits per heavy atom. The number of halogens is 1. The van der Waals surface area contributed by atoms with Crippen molar-refractivity contribution in [2.75, 3.05) is 19.5 Å². The highest BCUT2D eigenvalue weighted by Crippen LogP contribution is 2.14. The van der Waals surface area contributed by atoms with E-state index in [1.54, 1.807) is 24.1 Å². The Balaban J connectivity index is 2.70. The zero-order valence-electron chi connectivity index (χ0n) is 10.4. The molecular weight excluding hydrogens is 238 g/mol. The molecule has 0 radical (unpaired) electrons. The van der Waals surface area contributed by atoms with Crippen molar-refractivity contribution < 1.29 is 9.53 Å². The van der Waals surface area contributed by atoms with Crippen LogP contribution < -0.4 is 4.74 Å². The summed E-state index contributed by atoms with van der Waals surface area (Å²) in [6, 6.07) is 7.15. The lowest BCUT2D eigenvalue weighted by Crippen LogP contribution is -2.28. The van der Waals surface area contributed by atoms with Gasteiger partial charge in [0, 0.05) is 25.0 Å². The standard InChI is InChI=1S/C13H18ClNO2/c1-10(2)17-12-6-4-11(5-7-12)13(16)15(3)9-8-14/h4-7,10H,8-9H2,1-3H3. The Labute approximate surface area is 107 Å². The summed E-state index contributed by atoms with van der Waals surface area (Å²) in [7, 11) is 1.74. The molecule has 4 heteroatoms. The zero-order valence-corrected chi connectivity index (χ0v) is 11.2. The Kier molecular flexibility index (Phi) is 5.29. The maximum absolute atomic E-state index is 11.9. The van der Waals surface area contributed by atoms with Gasteiger partial charge in [-0.15, -0.1) is 11.6 Å². The Bertz CT molecular complexity index is 362. The summed E-state index contributed by atoms with van der Waals surface area (Å²) in [5, 5.41) is 0. The average Bonchev–Trinajstić information content (AvgIpc) is 2.28. The molecule has 0 aliphatic carbocycles. The highest BCUT2D eigenvalue weighted by atomic mass is 35.5. The van der Waals surface area contributed by atoms with Gasteiger partial charge in [-0.25, -0.2) is 0 Å². The van der Waals surface area contributed by atoms with E-state index in [0.717, 1.165) is 5.75 Å². The molecule has 17 heavy (non-hydrogen) atoms. The molecule has 0 bridgehead atoms. The third kappa shape index (κ3) is 4.27.